The van der Waals surface area contributed by atoms with Crippen molar-refractivity contribution in [2.24, 2.45) is 0 Å². The number of rotatable bonds is 6. The lowest BCUT2D eigenvalue weighted by Gasteiger charge is -2.15. The Morgan fingerprint density at radius 2 is 2.24 bits per heavy atom. The molecule has 1 aromatic carbocycles. The van der Waals surface area contributed by atoms with Gasteiger partial charge in [-0.3, -0.25) is 0 Å². The summed E-state index contributed by atoms with van der Waals surface area (Å²) in [5.74, 6) is 0. The number of hydrogen-bond acceptors (Lipinski definition) is 2. The van der Waals surface area contributed by atoms with Crippen LogP contribution in [0.15, 0.2) is 30.5 Å². The first kappa shape index (κ1) is 12.1. The largest absolute Gasteiger partial charge is 0.383 e. The number of aromatic nitrogens is 1. The van der Waals surface area contributed by atoms with Crippen molar-refractivity contribution in [3.8, 4) is 0 Å². The van der Waals surface area contributed by atoms with Crippen LogP contribution in [0.3, 0.4) is 0 Å². The third-order valence-corrected chi connectivity index (χ3v) is 3.07. The Balaban J connectivity index is 1.97. The zero-order chi connectivity index (χ0) is 12.1. The van der Waals surface area contributed by atoms with E-state index in [0.29, 0.717) is 6.04 Å². The smallest absolute Gasteiger partial charge is 0.0615 e. The molecule has 1 unspecified atom stereocenters. The molecule has 0 saturated heterocycles. The van der Waals surface area contributed by atoms with E-state index in [9.17, 15) is 0 Å². The maximum atomic E-state index is 5.17. The SMILES string of the molecule is CCC(COC)NCc1ccc2[nH]ccc2c1. The number of ether oxygens (including phenoxy) is 1. The van der Waals surface area contributed by atoms with Crippen LogP contribution in [0.5, 0.6) is 0 Å². The summed E-state index contributed by atoms with van der Waals surface area (Å²) in [6, 6.07) is 9.04. The van der Waals surface area contributed by atoms with Gasteiger partial charge in [0.1, 0.15) is 0 Å². The average Bonchev–Trinajstić information content (AvgIpc) is 2.81. The molecule has 2 N–H and O–H groups in total. The van der Waals surface area contributed by atoms with Crippen molar-refractivity contribution in [1.29, 1.82) is 0 Å². The van der Waals surface area contributed by atoms with Crippen LogP contribution >= 0.6 is 0 Å². The molecule has 0 aliphatic rings. The van der Waals surface area contributed by atoms with Gasteiger partial charge in [-0.25, -0.2) is 0 Å². The summed E-state index contributed by atoms with van der Waals surface area (Å²) in [6.07, 6.45) is 3.06. The first-order chi connectivity index (χ1) is 8.33. The Hall–Kier alpha value is -1.32. The van der Waals surface area contributed by atoms with Crippen LogP contribution in [-0.4, -0.2) is 24.7 Å². The maximum absolute atomic E-state index is 5.17. The highest BCUT2D eigenvalue weighted by atomic mass is 16.5. The molecule has 0 spiro atoms. The molecule has 17 heavy (non-hydrogen) atoms. The lowest BCUT2D eigenvalue weighted by molar-refractivity contribution is 0.164. The van der Waals surface area contributed by atoms with Gasteiger partial charge in [0, 0.05) is 31.4 Å². The summed E-state index contributed by atoms with van der Waals surface area (Å²) in [4.78, 5) is 3.20. The van der Waals surface area contributed by atoms with E-state index in [1.165, 1.54) is 16.5 Å². The third kappa shape index (κ3) is 3.08. The minimum Gasteiger partial charge on any atom is -0.383 e. The van der Waals surface area contributed by atoms with E-state index in [2.05, 4.69) is 41.5 Å². The number of fused-ring (bicyclic) bond motifs is 1. The summed E-state index contributed by atoms with van der Waals surface area (Å²) in [5, 5.41) is 4.78. The van der Waals surface area contributed by atoms with Crippen LogP contribution in [0.4, 0.5) is 0 Å². The van der Waals surface area contributed by atoms with Crippen LogP contribution < -0.4 is 5.32 Å². The van der Waals surface area contributed by atoms with Gasteiger partial charge in [0.25, 0.3) is 0 Å². The summed E-state index contributed by atoms with van der Waals surface area (Å²) in [7, 11) is 1.75. The van der Waals surface area contributed by atoms with Crippen LogP contribution in [0, 0.1) is 0 Å². The van der Waals surface area contributed by atoms with E-state index in [4.69, 9.17) is 4.74 Å². The highest BCUT2D eigenvalue weighted by Crippen LogP contribution is 2.14. The van der Waals surface area contributed by atoms with Crippen LogP contribution in [0.2, 0.25) is 0 Å². The molecule has 92 valence electrons. The van der Waals surface area contributed by atoms with Crippen molar-refractivity contribution < 1.29 is 4.74 Å². The number of hydrogen-bond donors (Lipinski definition) is 2. The van der Waals surface area contributed by atoms with Gasteiger partial charge in [-0.1, -0.05) is 13.0 Å². The molecular weight excluding hydrogens is 212 g/mol. The third-order valence-electron chi connectivity index (χ3n) is 3.07. The molecule has 0 saturated carbocycles. The molecule has 2 rings (SSSR count). The highest BCUT2D eigenvalue weighted by Gasteiger charge is 2.05. The molecule has 3 heteroatoms. The van der Waals surface area contributed by atoms with Crippen molar-refractivity contribution in [2.75, 3.05) is 13.7 Å². The van der Waals surface area contributed by atoms with Crippen molar-refractivity contribution in [3.63, 3.8) is 0 Å². The summed E-state index contributed by atoms with van der Waals surface area (Å²) >= 11 is 0. The summed E-state index contributed by atoms with van der Waals surface area (Å²) in [5.41, 5.74) is 2.50. The van der Waals surface area contributed by atoms with Gasteiger partial charge in [0.2, 0.25) is 0 Å². The van der Waals surface area contributed by atoms with Gasteiger partial charge in [-0.05, 0) is 35.6 Å². The Labute approximate surface area is 102 Å². The quantitative estimate of drug-likeness (QED) is 0.803. The monoisotopic (exact) mass is 232 g/mol. The molecule has 0 aliphatic heterocycles. The number of aromatic amines is 1. The van der Waals surface area contributed by atoms with Crippen LogP contribution in [0.1, 0.15) is 18.9 Å². The van der Waals surface area contributed by atoms with Gasteiger partial charge >= 0.3 is 0 Å². The lowest BCUT2D eigenvalue weighted by Crippen LogP contribution is -2.31. The minimum absolute atomic E-state index is 0.432. The standard InChI is InChI=1S/C14H20N2O/c1-3-13(10-17-2)16-9-11-4-5-14-12(8-11)6-7-15-14/h4-8,13,15-16H,3,9-10H2,1-2H3. The van der Waals surface area contributed by atoms with E-state index in [0.717, 1.165) is 19.6 Å². The fourth-order valence-electron chi connectivity index (χ4n) is 2.00. The van der Waals surface area contributed by atoms with Crippen molar-refractivity contribution in [1.82, 2.24) is 10.3 Å². The zero-order valence-corrected chi connectivity index (χ0v) is 10.5. The molecule has 0 fully saturated rings. The maximum Gasteiger partial charge on any atom is 0.0615 e. The zero-order valence-electron chi connectivity index (χ0n) is 10.5. The second kappa shape index (κ2) is 5.84. The number of nitrogens with one attached hydrogen (secondary N) is 2. The van der Waals surface area contributed by atoms with Gasteiger partial charge in [0.05, 0.1) is 6.61 Å². The minimum atomic E-state index is 0.432. The molecular formula is C14H20N2O. The Bertz CT molecular complexity index is 464. The van der Waals surface area contributed by atoms with Crippen LogP contribution in [-0.2, 0) is 11.3 Å². The fourth-order valence-corrected chi connectivity index (χ4v) is 2.00. The second-order valence-corrected chi connectivity index (χ2v) is 4.34. The predicted molar refractivity (Wildman–Crippen MR) is 71.1 cm³/mol. The molecule has 0 amide bonds. The average molecular weight is 232 g/mol. The lowest BCUT2D eigenvalue weighted by atomic mass is 10.1. The molecule has 0 radical (unpaired) electrons. The van der Waals surface area contributed by atoms with Crippen molar-refractivity contribution in [3.05, 3.63) is 36.0 Å². The van der Waals surface area contributed by atoms with Gasteiger partial charge in [-0.15, -0.1) is 0 Å². The van der Waals surface area contributed by atoms with E-state index >= 15 is 0 Å². The van der Waals surface area contributed by atoms with Crippen LogP contribution in [0.25, 0.3) is 10.9 Å². The molecule has 0 bridgehead atoms. The van der Waals surface area contributed by atoms with E-state index in [1.807, 2.05) is 6.20 Å². The number of benzene rings is 1. The molecule has 1 atom stereocenters. The van der Waals surface area contributed by atoms with Crippen molar-refractivity contribution in [2.45, 2.75) is 25.9 Å². The van der Waals surface area contributed by atoms with E-state index in [-0.39, 0.29) is 0 Å². The predicted octanol–water partition coefficient (Wildman–Crippen LogP) is 2.68. The second-order valence-electron chi connectivity index (χ2n) is 4.34. The van der Waals surface area contributed by atoms with Gasteiger partial charge in [-0.2, -0.15) is 0 Å². The first-order valence-corrected chi connectivity index (χ1v) is 6.12. The summed E-state index contributed by atoms with van der Waals surface area (Å²) in [6.45, 7) is 3.83. The van der Waals surface area contributed by atoms with Crippen molar-refractivity contribution >= 4 is 10.9 Å². The van der Waals surface area contributed by atoms with E-state index in [1.54, 1.807) is 7.11 Å². The number of H-pyrrole nitrogens is 1. The normalized spacial score (nSPS) is 13.1. The van der Waals surface area contributed by atoms with Gasteiger partial charge in [0.15, 0.2) is 0 Å². The highest BCUT2D eigenvalue weighted by molar-refractivity contribution is 5.79. The Kier molecular flexibility index (Phi) is 4.18. The topological polar surface area (TPSA) is 37.0 Å². The molecule has 1 aromatic heterocycles. The van der Waals surface area contributed by atoms with Gasteiger partial charge < -0.3 is 15.0 Å². The molecule has 1 heterocycles. The first-order valence-electron chi connectivity index (χ1n) is 6.12. The molecule has 2 aromatic rings. The molecule has 3 nitrogen and oxygen atoms in total. The fraction of sp³-hybridized carbons (Fsp3) is 0.429. The molecule has 0 aliphatic carbocycles. The summed E-state index contributed by atoms with van der Waals surface area (Å²) < 4.78 is 5.17. The Morgan fingerprint density at radius 3 is 3.00 bits per heavy atom. The number of methoxy groups -OCH3 is 1. The Morgan fingerprint density at radius 1 is 1.35 bits per heavy atom. The van der Waals surface area contributed by atoms with E-state index < -0.39 is 0 Å².